The number of hydrogen-bond acceptors (Lipinski definition) is 7. The van der Waals surface area contributed by atoms with E-state index in [1.807, 2.05) is 18.2 Å². The summed E-state index contributed by atoms with van der Waals surface area (Å²) in [5, 5.41) is 6.27. The van der Waals surface area contributed by atoms with Crippen molar-refractivity contribution in [1.82, 2.24) is 15.3 Å². The Morgan fingerprint density at radius 3 is 2.68 bits per heavy atom. The van der Waals surface area contributed by atoms with E-state index in [-0.39, 0.29) is 17.2 Å². The van der Waals surface area contributed by atoms with Gasteiger partial charge in [0.15, 0.2) is 5.78 Å². The van der Waals surface area contributed by atoms with Crippen LogP contribution in [0.1, 0.15) is 18.4 Å². The Labute approximate surface area is 168 Å². The molecule has 1 aliphatic carbocycles. The van der Waals surface area contributed by atoms with Gasteiger partial charge in [-0.2, -0.15) is 0 Å². The number of nitrogens with one attached hydrogen (secondary N) is 2. The molecule has 2 N–H and O–H groups in total. The normalized spacial score (nSPS) is 16.5. The van der Waals surface area contributed by atoms with Crippen LogP contribution < -0.4 is 10.6 Å². The van der Waals surface area contributed by atoms with Crippen LogP contribution >= 0.6 is 12.2 Å². The van der Waals surface area contributed by atoms with Gasteiger partial charge in [-0.1, -0.05) is 18.3 Å². The van der Waals surface area contributed by atoms with E-state index in [1.54, 1.807) is 30.7 Å². The fraction of sp³-hybridized carbons (Fsp3) is 0.250. The average Bonchev–Trinajstić information content (AvgIpc) is 2.72. The van der Waals surface area contributed by atoms with E-state index in [0.29, 0.717) is 30.1 Å². The summed E-state index contributed by atoms with van der Waals surface area (Å²) in [6.45, 7) is 0.481. The molecule has 1 aliphatic rings. The Bertz CT molecular complexity index is 900. The number of pyridine rings is 2. The highest BCUT2D eigenvalue weighted by Crippen LogP contribution is 2.28. The monoisotopic (exact) mass is 396 g/mol. The molecule has 1 atom stereocenters. The molecule has 144 valence electrons. The predicted molar refractivity (Wildman–Crippen MR) is 108 cm³/mol. The molecule has 0 amide bonds. The first-order valence-electron chi connectivity index (χ1n) is 8.78. The molecule has 0 aromatic carbocycles. The number of rotatable bonds is 6. The van der Waals surface area contributed by atoms with E-state index in [1.165, 1.54) is 7.11 Å². The van der Waals surface area contributed by atoms with Crippen LogP contribution in [0.5, 0.6) is 0 Å². The molecule has 0 radical (unpaired) electrons. The molecular weight excluding hydrogens is 376 g/mol. The lowest BCUT2D eigenvalue weighted by Crippen LogP contribution is -2.35. The van der Waals surface area contributed by atoms with Gasteiger partial charge in [0.05, 0.1) is 18.6 Å². The van der Waals surface area contributed by atoms with Gasteiger partial charge in [-0.25, -0.2) is 4.98 Å². The molecule has 2 heterocycles. The smallest absolute Gasteiger partial charge is 0.309 e. The second kappa shape index (κ2) is 9.18. The summed E-state index contributed by atoms with van der Waals surface area (Å²) in [6.07, 6.45) is 5.44. The summed E-state index contributed by atoms with van der Waals surface area (Å²) >= 11 is 5.48. The Hall–Kier alpha value is -3.13. The van der Waals surface area contributed by atoms with Gasteiger partial charge in [-0.3, -0.25) is 14.6 Å². The topological polar surface area (TPSA) is 93.2 Å². The second-order valence-corrected chi connectivity index (χ2v) is 6.69. The second-order valence-electron chi connectivity index (χ2n) is 6.28. The number of allylic oxidation sites excluding steroid dienone is 1. The van der Waals surface area contributed by atoms with Crippen molar-refractivity contribution in [1.29, 1.82) is 0 Å². The van der Waals surface area contributed by atoms with E-state index in [4.69, 9.17) is 17.0 Å². The van der Waals surface area contributed by atoms with Crippen molar-refractivity contribution >= 4 is 34.8 Å². The lowest BCUT2D eigenvalue weighted by molar-refractivity contribution is -0.147. The number of aromatic nitrogens is 2. The van der Waals surface area contributed by atoms with Gasteiger partial charge in [0.1, 0.15) is 10.8 Å². The molecule has 2 aromatic rings. The number of carbonyl (C=O) groups is 2. The third-order valence-electron chi connectivity index (χ3n) is 4.39. The standard InChI is InChI=1S/C20H20N4O3S/c1-27-20(26)14-10-15(23-12-13-5-8-21-9-6-13)18(16(25)11-14)19(28)24-17-4-2-3-7-22-17/h2-9,14,23H,10-12H2,1H3,(H,22,24,28). The van der Waals surface area contributed by atoms with Crippen molar-refractivity contribution < 1.29 is 14.3 Å². The number of ether oxygens (including phenoxy) is 1. The maximum Gasteiger partial charge on any atom is 0.309 e. The molecule has 0 aliphatic heterocycles. The summed E-state index contributed by atoms with van der Waals surface area (Å²) in [7, 11) is 1.32. The fourth-order valence-corrected chi connectivity index (χ4v) is 3.34. The van der Waals surface area contributed by atoms with Gasteiger partial charge in [-0.05, 0) is 29.8 Å². The quantitative estimate of drug-likeness (QED) is 0.568. The molecule has 0 bridgehead atoms. The Balaban J connectivity index is 1.86. The van der Waals surface area contributed by atoms with E-state index in [2.05, 4.69) is 20.6 Å². The van der Waals surface area contributed by atoms with Crippen LogP contribution in [-0.2, 0) is 20.9 Å². The minimum Gasteiger partial charge on any atom is -0.469 e. The lowest BCUT2D eigenvalue weighted by atomic mass is 9.85. The summed E-state index contributed by atoms with van der Waals surface area (Å²) in [4.78, 5) is 33.3. The minimum absolute atomic E-state index is 0.0620. The van der Waals surface area contributed by atoms with Crippen LogP contribution in [0.3, 0.4) is 0 Å². The highest BCUT2D eigenvalue weighted by molar-refractivity contribution is 7.81. The average molecular weight is 396 g/mol. The number of carbonyl (C=O) groups excluding carboxylic acids is 2. The zero-order chi connectivity index (χ0) is 19.9. The highest BCUT2D eigenvalue weighted by atomic mass is 32.1. The first kappa shape index (κ1) is 19.6. The maximum atomic E-state index is 12.8. The van der Waals surface area contributed by atoms with Gasteiger partial charge in [0, 0.05) is 43.7 Å². The Morgan fingerprint density at radius 2 is 2.00 bits per heavy atom. The van der Waals surface area contributed by atoms with Gasteiger partial charge in [0.2, 0.25) is 0 Å². The molecule has 3 rings (SSSR count). The number of nitrogens with zero attached hydrogens (tertiary/aromatic N) is 2. The number of thiocarbonyl (C=S) groups is 1. The molecule has 0 saturated carbocycles. The SMILES string of the molecule is COC(=O)C1CC(=O)C(C(=S)Nc2ccccn2)=C(NCc2ccncc2)C1. The van der Waals surface area contributed by atoms with Crippen molar-refractivity contribution in [2.75, 3.05) is 12.4 Å². The summed E-state index contributed by atoms with van der Waals surface area (Å²) < 4.78 is 4.83. The van der Waals surface area contributed by atoms with Gasteiger partial charge in [-0.15, -0.1) is 0 Å². The zero-order valence-corrected chi connectivity index (χ0v) is 16.2. The van der Waals surface area contributed by atoms with Crippen molar-refractivity contribution in [3.63, 3.8) is 0 Å². The van der Waals surface area contributed by atoms with Crippen LogP contribution in [0.25, 0.3) is 0 Å². The number of hydrogen-bond donors (Lipinski definition) is 2. The van der Waals surface area contributed by atoms with Crippen LogP contribution in [-0.4, -0.2) is 33.8 Å². The molecule has 28 heavy (non-hydrogen) atoms. The molecule has 0 spiro atoms. The van der Waals surface area contributed by atoms with E-state index in [0.717, 1.165) is 5.56 Å². The van der Waals surface area contributed by atoms with Crippen LogP contribution in [0.2, 0.25) is 0 Å². The Kier molecular flexibility index (Phi) is 6.44. The highest BCUT2D eigenvalue weighted by Gasteiger charge is 2.34. The number of esters is 1. The van der Waals surface area contributed by atoms with Gasteiger partial charge in [0.25, 0.3) is 0 Å². The molecule has 2 aromatic heterocycles. The number of methoxy groups -OCH3 is 1. The van der Waals surface area contributed by atoms with Crippen molar-refractivity contribution in [3.05, 3.63) is 65.8 Å². The summed E-state index contributed by atoms with van der Waals surface area (Å²) in [5.74, 6) is -0.582. The maximum absolute atomic E-state index is 12.8. The molecule has 0 saturated heterocycles. The lowest BCUT2D eigenvalue weighted by Gasteiger charge is -2.26. The van der Waals surface area contributed by atoms with Crippen molar-refractivity contribution in [3.8, 4) is 0 Å². The largest absolute Gasteiger partial charge is 0.469 e. The summed E-state index contributed by atoms with van der Waals surface area (Å²) in [6, 6.07) is 9.13. The molecular formula is C20H20N4O3S. The number of Topliss-reactive ketones (excluding diaryl/α,β-unsaturated/α-hetero) is 1. The molecule has 0 fully saturated rings. The first-order valence-corrected chi connectivity index (χ1v) is 9.18. The van der Waals surface area contributed by atoms with Gasteiger partial charge < -0.3 is 15.4 Å². The van der Waals surface area contributed by atoms with Crippen LogP contribution in [0.4, 0.5) is 5.82 Å². The third-order valence-corrected chi connectivity index (χ3v) is 4.69. The fourth-order valence-electron chi connectivity index (χ4n) is 3.00. The van der Waals surface area contributed by atoms with E-state index >= 15 is 0 Å². The minimum atomic E-state index is -0.529. The van der Waals surface area contributed by atoms with E-state index in [9.17, 15) is 9.59 Å². The summed E-state index contributed by atoms with van der Waals surface area (Å²) in [5.41, 5.74) is 2.00. The number of ketones is 1. The van der Waals surface area contributed by atoms with Crippen LogP contribution in [0.15, 0.2) is 60.2 Å². The Morgan fingerprint density at radius 1 is 1.21 bits per heavy atom. The van der Waals surface area contributed by atoms with Crippen molar-refractivity contribution in [2.45, 2.75) is 19.4 Å². The molecule has 1 unspecified atom stereocenters. The predicted octanol–water partition coefficient (Wildman–Crippen LogP) is 2.41. The number of anilines is 1. The first-order chi connectivity index (χ1) is 13.6. The van der Waals surface area contributed by atoms with Crippen LogP contribution in [0, 0.1) is 5.92 Å². The zero-order valence-electron chi connectivity index (χ0n) is 15.3. The molecule has 7 nitrogen and oxygen atoms in total. The molecule has 8 heteroatoms. The van der Waals surface area contributed by atoms with E-state index < -0.39 is 11.9 Å². The van der Waals surface area contributed by atoms with Crippen molar-refractivity contribution in [2.24, 2.45) is 5.92 Å². The van der Waals surface area contributed by atoms with Gasteiger partial charge >= 0.3 is 5.97 Å². The third kappa shape index (κ3) is 4.77.